The molecular weight excluding hydrogens is 419 g/mol. The monoisotopic (exact) mass is 439 g/mol. The van der Waals surface area contributed by atoms with E-state index in [1.807, 2.05) is 6.07 Å². The molecule has 0 aromatic carbocycles. The maximum Gasteiger partial charge on any atom is 0.390 e. The van der Waals surface area contributed by atoms with Crippen molar-refractivity contribution in [2.24, 2.45) is 5.92 Å². The quantitative estimate of drug-likeness (QED) is 0.470. The van der Waals surface area contributed by atoms with Crippen molar-refractivity contribution < 1.29 is 18.0 Å². The number of nitrogens with zero attached hydrogens (tertiary/aromatic N) is 5. The summed E-state index contributed by atoms with van der Waals surface area (Å²) in [5.41, 5.74) is 2.46. The van der Waals surface area contributed by atoms with Crippen LogP contribution < -0.4 is 10.0 Å². The maximum absolute atomic E-state index is 12.3. The predicted octanol–water partition coefficient (Wildman–Crippen LogP) is 2.69. The highest BCUT2D eigenvalue weighted by atomic mass is 32.1. The van der Waals surface area contributed by atoms with Crippen molar-refractivity contribution in [1.29, 1.82) is 0 Å². The lowest BCUT2D eigenvalue weighted by atomic mass is 10.1. The summed E-state index contributed by atoms with van der Waals surface area (Å²) in [6.45, 7) is -0.178. The molecule has 0 saturated heterocycles. The first-order chi connectivity index (χ1) is 14.3. The molecule has 1 fully saturated rings. The molecule has 1 unspecified atom stereocenters. The van der Waals surface area contributed by atoms with E-state index in [0.717, 1.165) is 23.1 Å². The molecule has 30 heavy (non-hydrogen) atoms. The summed E-state index contributed by atoms with van der Waals surface area (Å²) in [5, 5.41) is 10.9. The third kappa shape index (κ3) is 4.93. The third-order valence-electron chi connectivity index (χ3n) is 4.93. The number of thiol groups is 1. The van der Waals surface area contributed by atoms with Crippen LogP contribution in [0.2, 0.25) is 0 Å². The summed E-state index contributed by atoms with van der Waals surface area (Å²) in [7, 11) is 0. The number of carbonyl (C=O) groups excluding carboxylic acids is 1. The molecule has 3 heterocycles. The van der Waals surface area contributed by atoms with E-state index < -0.39 is 18.5 Å². The van der Waals surface area contributed by atoms with E-state index in [2.05, 4.69) is 38.0 Å². The zero-order valence-corrected chi connectivity index (χ0v) is 16.7. The van der Waals surface area contributed by atoms with Crippen molar-refractivity contribution in [2.45, 2.75) is 44.6 Å². The fourth-order valence-electron chi connectivity index (χ4n) is 3.19. The zero-order valence-electron chi connectivity index (χ0n) is 15.8. The average Bonchev–Trinajstić information content (AvgIpc) is 3.27. The molecule has 0 aliphatic heterocycles. The average molecular weight is 439 g/mol. The Morgan fingerprint density at radius 1 is 1.27 bits per heavy atom. The number of carbonyl (C=O) groups is 1. The van der Waals surface area contributed by atoms with Gasteiger partial charge in [0.05, 0.1) is 42.8 Å². The van der Waals surface area contributed by atoms with Crippen LogP contribution in [0.25, 0.3) is 5.65 Å². The number of amides is 1. The summed E-state index contributed by atoms with van der Waals surface area (Å²) in [6, 6.07) is 2.06. The molecule has 160 valence electrons. The number of aromatic nitrogens is 5. The second-order valence-corrected chi connectivity index (χ2v) is 7.57. The first kappa shape index (κ1) is 20.7. The van der Waals surface area contributed by atoms with Crippen LogP contribution in [-0.2, 0) is 13.1 Å². The molecule has 1 saturated carbocycles. The van der Waals surface area contributed by atoms with Gasteiger partial charge in [0.1, 0.15) is 0 Å². The van der Waals surface area contributed by atoms with Gasteiger partial charge >= 0.3 is 6.18 Å². The normalized spacial score (nSPS) is 15.5. The molecule has 2 N–H and O–H groups in total. The molecule has 3 aromatic heterocycles. The molecule has 0 bridgehead atoms. The molecule has 4 rings (SSSR count). The number of alkyl halides is 3. The fourth-order valence-corrected chi connectivity index (χ4v) is 3.55. The topological polar surface area (TPSA) is 89.1 Å². The van der Waals surface area contributed by atoms with Crippen molar-refractivity contribution in [3.8, 4) is 0 Å². The standard InChI is InChI=1S/C18H20F3N7OS/c19-18(20,21)3-4-27-9-13(7-23-27)17(29)22-8-14-10-28-15(25-14)5-12(6-24-28)16(26-30)11-1-2-11/h5-7,9-11,16,26,30H,1-4,8H2,(H,22,29). The largest absolute Gasteiger partial charge is 0.390 e. The molecule has 1 amide bonds. The van der Waals surface area contributed by atoms with Crippen LogP contribution in [-0.4, -0.2) is 36.5 Å². The first-order valence-corrected chi connectivity index (χ1v) is 9.88. The van der Waals surface area contributed by atoms with E-state index in [1.165, 1.54) is 12.4 Å². The van der Waals surface area contributed by atoms with Gasteiger partial charge in [-0.3, -0.25) is 14.2 Å². The van der Waals surface area contributed by atoms with Gasteiger partial charge in [0.2, 0.25) is 0 Å². The molecule has 3 aromatic rings. The number of hydrogen-bond acceptors (Lipinski definition) is 6. The van der Waals surface area contributed by atoms with Gasteiger partial charge in [-0.05, 0) is 30.4 Å². The highest BCUT2D eigenvalue weighted by molar-refractivity contribution is 7.78. The number of aryl methyl sites for hydroxylation is 1. The lowest BCUT2D eigenvalue weighted by Gasteiger charge is -2.14. The van der Waals surface area contributed by atoms with Crippen LogP contribution in [0.3, 0.4) is 0 Å². The van der Waals surface area contributed by atoms with E-state index in [0.29, 0.717) is 17.3 Å². The first-order valence-electron chi connectivity index (χ1n) is 9.43. The summed E-state index contributed by atoms with van der Waals surface area (Å²) >= 11 is 4.21. The molecule has 1 aliphatic carbocycles. The number of fused-ring (bicyclic) bond motifs is 1. The fraction of sp³-hybridized carbons (Fsp3) is 0.444. The van der Waals surface area contributed by atoms with Gasteiger partial charge in [0.25, 0.3) is 5.91 Å². The second-order valence-electron chi connectivity index (χ2n) is 7.31. The number of rotatable bonds is 8. The minimum Gasteiger partial charge on any atom is -0.346 e. The minimum absolute atomic E-state index is 0.125. The Morgan fingerprint density at radius 3 is 2.77 bits per heavy atom. The molecule has 1 atom stereocenters. The van der Waals surface area contributed by atoms with Crippen LogP contribution in [0.1, 0.15) is 46.9 Å². The van der Waals surface area contributed by atoms with Gasteiger partial charge in [0.15, 0.2) is 5.65 Å². The SMILES string of the molecule is O=C(NCc1cn2ncc(C(NS)C3CC3)cc2n1)c1cnn(CCC(F)(F)F)c1. The van der Waals surface area contributed by atoms with Gasteiger partial charge in [-0.2, -0.15) is 23.4 Å². The van der Waals surface area contributed by atoms with Gasteiger partial charge in [0, 0.05) is 18.8 Å². The molecule has 0 radical (unpaired) electrons. The van der Waals surface area contributed by atoms with Crippen LogP contribution in [0, 0.1) is 5.92 Å². The van der Waals surface area contributed by atoms with E-state index >= 15 is 0 Å². The van der Waals surface area contributed by atoms with E-state index in [9.17, 15) is 18.0 Å². The van der Waals surface area contributed by atoms with Crippen molar-refractivity contribution in [1.82, 2.24) is 34.4 Å². The Bertz CT molecular complexity index is 1040. The molecule has 0 spiro atoms. The Hall–Kier alpha value is -2.60. The Morgan fingerprint density at radius 2 is 2.07 bits per heavy atom. The minimum atomic E-state index is -4.27. The zero-order chi connectivity index (χ0) is 21.3. The van der Waals surface area contributed by atoms with Crippen LogP contribution in [0.15, 0.2) is 30.9 Å². The third-order valence-corrected chi connectivity index (χ3v) is 5.21. The van der Waals surface area contributed by atoms with Crippen LogP contribution in [0.4, 0.5) is 13.2 Å². The van der Waals surface area contributed by atoms with E-state index in [-0.39, 0.29) is 24.7 Å². The van der Waals surface area contributed by atoms with Gasteiger partial charge < -0.3 is 5.32 Å². The summed E-state index contributed by atoms with van der Waals surface area (Å²) in [4.78, 5) is 16.7. The number of nitrogens with one attached hydrogen (secondary N) is 2. The number of halogens is 3. The van der Waals surface area contributed by atoms with E-state index in [4.69, 9.17) is 0 Å². The van der Waals surface area contributed by atoms with Crippen molar-refractivity contribution >= 4 is 24.4 Å². The smallest absolute Gasteiger partial charge is 0.346 e. The van der Waals surface area contributed by atoms with Crippen LogP contribution in [0.5, 0.6) is 0 Å². The van der Waals surface area contributed by atoms with E-state index in [1.54, 1.807) is 16.9 Å². The van der Waals surface area contributed by atoms with Gasteiger partial charge in [-0.25, -0.2) is 9.50 Å². The van der Waals surface area contributed by atoms with Gasteiger partial charge in [-0.1, -0.05) is 12.8 Å². The van der Waals surface area contributed by atoms with Gasteiger partial charge in [-0.15, -0.1) is 0 Å². The van der Waals surface area contributed by atoms with Crippen LogP contribution >= 0.6 is 12.8 Å². The lowest BCUT2D eigenvalue weighted by molar-refractivity contribution is -0.137. The second kappa shape index (κ2) is 8.26. The Labute approximate surface area is 175 Å². The maximum atomic E-state index is 12.3. The molecule has 1 aliphatic rings. The molecule has 8 nitrogen and oxygen atoms in total. The predicted molar refractivity (Wildman–Crippen MR) is 105 cm³/mol. The molecular formula is C18H20F3N7OS. The molecule has 12 heteroatoms. The number of imidazole rings is 1. The van der Waals surface area contributed by atoms with Crippen molar-refractivity contribution in [3.05, 3.63) is 47.7 Å². The lowest BCUT2D eigenvalue weighted by Crippen LogP contribution is -2.22. The summed E-state index contributed by atoms with van der Waals surface area (Å²) in [5.74, 6) is 0.115. The Kier molecular flexibility index (Phi) is 5.69. The highest BCUT2D eigenvalue weighted by Crippen LogP contribution is 2.41. The summed E-state index contributed by atoms with van der Waals surface area (Å²) < 4.78 is 42.6. The number of hydrogen-bond donors (Lipinski definition) is 3. The van der Waals surface area contributed by atoms with Crippen molar-refractivity contribution in [3.63, 3.8) is 0 Å². The Balaban J connectivity index is 1.37. The summed E-state index contributed by atoms with van der Waals surface area (Å²) in [6.07, 6.45) is 3.06. The highest BCUT2D eigenvalue weighted by Gasteiger charge is 2.32. The van der Waals surface area contributed by atoms with Crippen molar-refractivity contribution in [2.75, 3.05) is 0 Å².